The van der Waals surface area contributed by atoms with E-state index in [4.69, 9.17) is 15.9 Å². The number of nitrogens with zero attached hydrogens (tertiary/aromatic N) is 1. The van der Waals surface area contributed by atoms with E-state index in [1.165, 1.54) is 0 Å². The Hall–Kier alpha value is -2.05. The Labute approximate surface area is 93.7 Å². The first-order valence-corrected chi connectivity index (χ1v) is 4.61. The number of nitrogens with two attached hydrogens (primary N) is 1. The molecule has 0 aliphatic heterocycles. The molecule has 0 aliphatic rings. The molecule has 0 aromatic heterocycles. The summed E-state index contributed by atoms with van der Waals surface area (Å²) >= 11 is 0. The summed E-state index contributed by atoms with van der Waals surface area (Å²) < 4.78 is 0. The Bertz CT molecular complexity index is 258. The Kier molecular flexibility index (Phi) is 11.3. The molecule has 16 heavy (non-hydrogen) atoms. The van der Waals surface area contributed by atoms with E-state index in [1.54, 1.807) is 0 Å². The predicted molar refractivity (Wildman–Crippen MR) is 60.3 cm³/mol. The quantitative estimate of drug-likeness (QED) is 0.297. The van der Waals surface area contributed by atoms with E-state index in [0.717, 1.165) is 13.1 Å². The van der Waals surface area contributed by atoms with E-state index in [-0.39, 0.29) is 0 Å². The van der Waals surface area contributed by atoms with Gasteiger partial charge in [0.2, 0.25) is 0 Å². The van der Waals surface area contributed by atoms with Gasteiger partial charge in [0, 0.05) is 25.2 Å². The van der Waals surface area contributed by atoms with Crippen LogP contribution in [0.5, 0.6) is 0 Å². The highest BCUT2D eigenvalue weighted by atomic mass is 16.4. The van der Waals surface area contributed by atoms with Crippen molar-refractivity contribution in [1.29, 1.82) is 0 Å². The van der Waals surface area contributed by atoms with E-state index in [2.05, 4.69) is 10.3 Å². The monoisotopic (exact) mass is 231 g/mol. The summed E-state index contributed by atoms with van der Waals surface area (Å²) in [6, 6.07) is 0. The zero-order valence-corrected chi connectivity index (χ0v) is 9.30. The van der Waals surface area contributed by atoms with Crippen LogP contribution >= 0.6 is 0 Å². The molecule has 0 atom stereocenters. The van der Waals surface area contributed by atoms with Gasteiger partial charge in [0.1, 0.15) is 0 Å². The second kappa shape index (κ2) is 11.0. The number of hydrogen-bond acceptors (Lipinski definition) is 3. The van der Waals surface area contributed by atoms with Crippen molar-refractivity contribution in [3.63, 3.8) is 0 Å². The van der Waals surface area contributed by atoms with Crippen LogP contribution < -0.4 is 11.1 Å². The van der Waals surface area contributed by atoms with E-state index in [1.807, 2.05) is 13.8 Å². The van der Waals surface area contributed by atoms with Crippen molar-refractivity contribution < 1.29 is 19.8 Å². The van der Waals surface area contributed by atoms with Gasteiger partial charge in [-0.3, -0.25) is 4.99 Å². The van der Waals surface area contributed by atoms with Crippen LogP contribution in [0, 0.1) is 0 Å². The minimum Gasteiger partial charge on any atom is -0.478 e. The Balaban J connectivity index is 0. The number of aliphatic carboxylic acids is 2. The second-order valence-corrected chi connectivity index (χ2v) is 2.40. The zero-order valence-electron chi connectivity index (χ0n) is 9.30. The number of carboxylic acids is 2. The summed E-state index contributed by atoms with van der Waals surface area (Å²) in [4.78, 5) is 23.0. The number of aliphatic imine (C=N–C) groups is 1. The molecule has 0 rings (SSSR count). The third-order valence-electron chi connectivity index (χ3n) is 1.05. The van der Waals surface area contributed by atoms with Crippen molar-refractivity contribution in [1.82, 2.24) is 5.32 Å². The number of carbonyl (C=O) groups is 2. The van der Waals surface area contributed by atoms with Crippen LogP contribution in [0.4, 0.5) is 0 Å². The summed E-state index contributed by atoms with van der Waals surface area (Å²) in [6.07, 6.45) is 1.12. The van der Waals surface area contributed by atoms with Crippen LogP contribution in [0.15, 0.2) is 17.1 Å². The Morgan fingerprint density at radius 2 is 1.69 bits per heavy atom. The van der Waals surface area contributed by atoms with Gasteiger partial charge in [-0.25, -0.2) is 9.59 Å². The fourth-order valence-electron chi connectivity index (χ4n) is 0.550. The van der Waals surface area contributed by atoms with Crippen LogP contribution in [0.25, 0.3) is 0 Å². The lowest BCUT2D eigenvalue weighted by Gasteiger charge is -1.97. The molecule has 0 saturated carbocycles. The summed E-state index contributed by atoms with van der Waals surface area (Å²) in [6.45, 7) is 5.52. The van der Waals surface area contributed by atoms with Crippen LogP contribution in [0.1, 0.15) is 13.8 Å². The molecular formula is C9H17N3O4. The lowest BCUT2D eigenvalue weighted by atomic mass is 10.5. The van der Waals surface area contributed by atoms with Crippen LogP contribution in [-0.2, 0) is 9.59 Å². The first-order valence-electron chi connectivity index (χ1n) is 4.61. The maximum atomic E-state index is 9.55. The number of hydrogen-bond donors (Lipinski definition) is 4. The van der Waals surface area contributed by atoms with Gasteiger partial charge in [-0.1, -0.05) is 0 Å². The van der Waals surface area contributed by atoms with Gasteiger partial charge in [-0.2, -0.15) is 0 Å². The normalized spacial score (nSPS) is 10.5. The summed E-state index contributed by atoms with van der Waals surface area (Å²) in [7, 11) is 0. The summed E-state index contributed by atoms with van der Waals surface area (Å²) in [5.74, 6) is -1.98. The molecule has 0 radical (unpaired) electrons. The first kappa shape index (κ1) is 16.4. The van der Waals surface area contributed by atoms with Crippen molar-refractivity contribution in [3.05, 3.63) is 12.2 Å². The molecule has 0 spiro atoms. The van der Waals surface area contributed by atoms with Crippen LogP contribution in [-0.4, -0.2) is 41.2 Å². The molecule has 0 bridgehead atoms. The van der Waals surface area contributed by atoms with Crippen molar-refractivity contribution in [2.75, 3.05) is 13.1 Å². The molecule has 0 aromatic rings. The fraction of sp³-hybridized carbons (Fsp3) is 0.444. The molecule has 7 nitrogen and oxygen atoms in total. The fourth-order valence-corrected chi connectivity index (χ4v) is 0.550. The SMILES string of the molecule is CCN=C(N)NCC.O=C(O)/C=C\C(=O)O. The summed E-state index contributed by atoms with van der Waals surface area (Å²) in [5, 5.41) is 18.5. The van der Waals surface area contributed by atoms with E-state index in [9.17, 15) is 9.59 Å². The van der Waals surface area contributed by atoms with Gasteiger partial charge in [-0.05, 0) is 13.8 Å². The molecule has 0 amide bonds. The Morgan fingerprint density at radius 1 is 1.25 bits per heavy atom. The first-order chi connectivity index (χ1) is 7.43. The van der Waals surface area contributed by atoms with Crippen molar-refractivity contribution in [2.24, 2.45) is 10.7 Å². The van der Waals surface area contributed by atoms with Crippen molar-refractivity contribution in [3.8, 4) is 0 Å². The van der Waals surface area contributed by atoms with Gasteiger partial charge in [0.15, 0.2) is 5.96 Å². The van der Waals surface area contributed by atoms with Gasteiger partial charge >= 0.3 is 11.9 Å². The second-order valence-electron chi connectivity index (χ2n) is 2.40. The molecule has 92 valence electrons. The van der Waals surface area contributed by atoms with Crippen LogP contribution in [0.3, 0.4) is 0 Å². The highest BCUT2D eigenvalue weighted by Crippen LogP contribution is 1.70. The standard InChI is InChI=1S/C5H13N3.C4H4O4/c1-3-7-5(6)8-4-2;5-3(6)1-2-4(7)8/h3-4H2,1-2H3,(H3,6,7,8);1-2H,(H,5,6)(H,7,8)/b;2-1-. The van der Waals surface area contributed by atoms with E-state index in [0.29, 0.717) is 18.1 Å². The van der Waals surface area contributed by atoms with Gasteiger partial charge < -0.3 is 21.3 Å². The van der Waals surface area contributed by atoms with Gasteiger partial charge in [0.25, 0.3) is 0 Å². The summed E-state index contributed by atoms with van der Waals surface area (Å²) in [5.41, 5.74) is 5.33. The predicted octanol–water partition coefficient (Wildman–Crippen LogP) is -0.358. The maximum absolute atomic E-state index is 9.55. The minimum atomic E-state index is -1.26. The number of carboxylic acid groups (broad SMARTS) is 2. The van der Waals surface area contributed by atoms with E-state index < -0.39 is 11.9 Å². The molecular weight excluding hydrogens is 214 g/mol. The third kappa shape index (κ3) is 17.9. The molecule has 0 aliphatic carbocycles. The van der Waals surface area contributed by atoms with Crippen molar-refractivity contribution in [2.45, 2.75) is 13.8 Å². The topological polar surface area (TPSA) is 125 Å². The number of nitrogens with one attached hydrogen (secondary N) is 1. The largest absolute Gasteiger partial charge is 0.478 e. The highest BCUT2D eigenvalue weighted by molar-refractivity contribution is 5.89. The average Bonchev–Trinajstić information content (AvgIpc) is 2.16. The van der Waals surface area contributed by atoms with Gasteiger partial charge in [-0.15, -0.1) is 0 Å². The third-order valence-corrected chi connectivity index (χ3v) is 1.05. The zero-order chi connectivity index (χ0) is 13.0. The van der Waals surface area contributed by atoms with Crippen molar-refractivity contribution >= 4 is 17.9 Å². The molecule has 0 fully saturated rings. The molecule has 0 heterocycles. The Morgan fingerprint density at radius 3 is 1.94 bits per heavy atom. The van der Waals surface area contributed by atoms with Crippen LogP contribution in [0.2, 0.25) is 0 Å². The lowest BCUT2D eigenvalue weighted by Crippen LogP contribution is -2.31. The molecule has 0 saturated heterocycles. The van der Waals surface area contributed by atoms with E-state index >= 15 is 0 Å². The minimum absolute atomic E-state index is 0.537. The molecule has 0 unspecified atom stereocenters. The maximum Gasteiger partial charge on any atom is 0.328 e. The molecule has 7 heteroatoms. The number of rotatable bonds is 4. The number of guanidine groups is 1. The lowest BCUT2D eigenvalue weighted by molar-refractivity contribution is -0.134. The average molecular weight is 231 g/mol. The molecule has 5 N–H and O–H groups in total. The molecule has 0 aromatic carbocycles. The highest BCUT2D eigenvalue weighted by Gasteiger charge is 1.88. The van der Waals surface area contributed by atoms with Gasteiger partial charge in [0.05, 0.1) is 0 Å². The smallest absolute Gasteiger partial charge is 0.328 e.